The first kappa shape index (κ1) is 9.81. The largest absolute Gasteiger partial charge is 0.385 e. The predicted octanol–water partition coefficient (Wildman–Crippen LogP) is 3.03. The minimum Gasteiger partial charge on any atom is -0.385 e. The summed E-state index contributed by atoms with van der Waals surface area (Å²) in [7, 11) is 0. The van der Waals surface area contributed by atoms with Gasteiger partial charge >= 0.3 is 0 Å². The summed E-state index contributed by atoms with van der Waals surface area (Å²) in [5.74, 6) is 0.981. The minimum atomic E-state index is 0.842. The molecule has 1 saturated carbocycles. The van der Waals surface area contributed by atoms with Gasteiger partial charge in [0, 0.05) is 30.5 Å². The molecule has 1 saturated heterocycles. The summed E-state index contributed by atoms with van der Waals surface area (Å²) in [6.07, 6.45) is 6.85. The second kappa shape index (κ2) is 3.66. The zero-order valence-electron chi connectivity index (χ0n) is 10.3. The Morgan fingerprint density at radius 2 is 2.24 bits per heavy atom. The SMILES string of the molecule is c1cc2c(cc1N1CC3CCC1C3)CCCN2. The molecule has 2 bridgehead atoms. The highest BCUT2D eigenvalue weighted by Gasteiger charge is 2.37. The van der Waals surface area contributed by atoms with E-state index in [-0.39, 0.29) is 0 Å². The molecule has 1 aromatic carbocycles. The van der Waals surface area contributed by atoms with Gasteiger partial charge in [-0.25, -0.2) is 0 Å². The summed E-state index contributed by atoms with van der Waals surface area (Å²) in [5, 5.41) is 3.50. The Labute approximate surface area is 103 Å². The van der Waals surface area contributed by atoms with Gasteiger partial charge in [-0.1, -0.05) is 0 Å². The van der Waals surface area contributed by atoms with Crippen molar-refractivity contribution in [3.63, 3.8) is 0 Å². The van der Waals surface area contributed by atoms with Crippen LogP contribution in [0.4, 0.5) is 11.4 Å². The van der Waals surface area contributed by atoms with Crippen LogP contribution in [0.15, 0.2) is 18.2 Å². The quantitative estimate of drug-likeness (QED) is 0.795. The number of hydrogen-bond donors (Lipinski definition) is 1. The van der Waals surface area contributed by atoms with Crippen molar-refractivity contribution in [2.24, 2.45) is 5.92 Å². The van der Waals surface area contributed by atoms with Gasteiger partial charge in [0.25, 0.3) is 0 Å². The number of hydrogen-bond acceptors (Lipinski definition) is 2. The van der Waals surface area contributed by atoms with E-state index in [2.05, 4.69) is 28.4 Å². The Bertz CT molecular complexity index is 441. The van der Waals surface area contributed by atoms with Crippen molar-refractivity contribution in [2.75, 3.05) is 23.3 Å². The van der Waals surface area contributed by atoms with Crippen molar-refractivity contribution in [2.45, 2.75) is 38.1 Å². The van der Waals surface area contributed by atoms with Crippen molar-refractivity contribution in [1.29, 1.82) is 0 Å². The van der Waals surface area contributed by atoms with Crippen LogP contribution in [0.3, 0.4) is 0 Å². The molecule has 3 aliphatic rings. The Morgan fingerprint density at radius 3 is 3.06 bits per heavy atom. The topological polar surface area (TPSA) is 15.3 Å². The van der Waals surface area contributed by atoms with Gasteiger partial charge in [0.05, 0.1) is 0 Å². The van der Waals surface area contributed by atoms with Crippen LogP contribution in [0.1, 0.15) is 31.2 Å². The number of nitrogens with zero attached hydrogens (tertiary/aromatic N) is 1. The van der Waals surface area contributed by atoms with E-state index >= 15 is 0 Å². The highest BCUT2D eigenvalue weighted by molar-refractivity contribution is 5.62. The maximum atomic E-state index is 3.50. The molecule has 2 nitrogen and oxygen atoms in total. The number of benzene rings is 1. The Balaban J connectivity index is 1.66. The second-order valence-electron chi connectivity index (χ2n) is 5.86. The maximum absolute atomic E-state index is 3.50. The Morgan fingerprint density at radius 1 is 1.24 bits per heavy atom. The monoisotopic (exact) mass is 228 g/mol. The van der Waals surface area contributed by atoms with Crippen molar-refractivity contribution in [3.8, 4) is 0 Å². The molecule has 2 atom stereocenters. The molecule has 1 N–H and O–H groups in total. The highest BCUT2D eigenvalue weighted by Crippen LogP contribution is 2.41. The van der Waals surface area contributed by atoms with Crippen LogP contribution in [0, 0.1) is 5.92 Å². The van der Waals surface area contributed by atoms with E-state index in [0.29, 0.717) is 0 Å². The standard InChI is InChI=1S/C15H20N2/c1-2-12-9-14(5-6-15(12)16-7-1)17-10-11-3-4-13(17)8-11/h5-6,9,11,13,16H,1-4,7-8,10H2. The molecule has 2 unspecified atom stereocenters. The molecular formula is C15H20N2. The lowest BCUT2D eigenvalue weighted by atomic mass is 10.0. The van der Waals surface area contributed by atoms with Crippen LogP contribution in [0.25, 0.3) is 0 Å². The zero-order valence-corrected chi connectivity index (χ0v) is 10.3. The van der Waals surface area contributed by atoms with Gasteiger partial charge in [0.15, 0.2) is 0 Å². The third-order valence-electron chi connectivity index (χ3n) is 4.77. The van der Waals surface area contributed by atoms with E-state index in [9.17, 15) is 0 Å². The van der Waals surface area contributed by atoms with Crippen molar-refractivity contribution in [1.82, 2.24) is 0 Å². The van der Waals surface area contributed by atoms with Crippen LogP contribution in [0.2, 0.25) is 0 Å². The molecular weight excluding hydrogens is 208 g/mol. The van der Waals surface area contributed by atoms with E-state index in [1.165, 1.54) is 55.6 Å². The third kappa shape index (κ3) is 1.54. The normalized spacial score (nSPS) is 30.2. The van der Waals surface area contributed by atoms with Crippen molar-refractivity contribution < 1.29 is 0 Å². The van der Waals surface area contributed by atoms with E-state index in [1.807, 2.05) is 0 Å². The number of piperidine rings is 1. The molecule has 2 heteroatoms. The van der Waals surface area contributed by atoms with Crippen LogP contribution in [-0.2, 0) is 6.42 Å². The van der Waals surface area contributed by atoms with E-state index in [1.54, 1.807) is 0 Å². The first-order valence-electron chi connectivity index (χ1n) is 7.03. The molecule has 2 heterocycles. The molecule has 90 valence electrons. The first-order chi connectivity index (χ1) is 8.40. The van der Waals surface area contributed by atoms with Gasteiger partial charge in [-0.15, -0.1) is 0 Å². The van der Waals surface area contributed by atoms with Gasteiger partial charge in [0.1, 0.15) is 0 Å². The zero-order chi connectivity index (χ0) is 11.2. The lowest BCUT2D eigenvalue weighted by molar-refractivity contribution is 0.553. The third-order valence-corrected chi connectivity index (χ3v) is 4.77. The average Bonchev–Trinajstić information content (AvgIpc) is 3.00. The predicted molar refractivity (Wildman–Crippen MR) is 71.7 cm³/mol. The van der Waals surface area contributed by atoms with Crippen LogP contribution in [0.5, 0.6) is 0 Å². The molecule has 2 aliphatic heterocycles. The van der Waals surface area contributed by atoms with Crippen LogP contribution < -0.4 is 10.2 Å². The fourth-order valence-corrected chi connectivity index (χ4v) is 3.88. The molecule has 4 rings (SSSR count). The molecule has 0 spiro atoms. The van der Waals surface area contributed by atoms with Gasteiger partial charge in [0.2, 0.25) is 0 Å². The van der Waals surface area contributed by atoms with Gasteiger partial charge in [-0.3, -0.25) is 0 Å². The number of fused-ring (bicyclic) bond motifs is 3. The number of anilines is 2. The van der Waals surface area contributed by atoms with E-state index in [0.717, 1.165) is 18.5 Å². The molecule has 0 amide bonds. The highest BCUT2D eigenvalue weighted by atomic mass is 15.2. The maximum Gasteiger partial charge on any atom is 0.0374 e. The lowest BCUT2D eigenvalue weighted by Crippen LogP contribution is -2.32. The number of aryl methyl sites for hydroxylation is 1. The second-order valence-corrected chi connectivity index (χ2v) is 5.86. The first-order valence-corrected chi connectivity index (χ1v) is 7.03. The number of nitrogens with one attached hydrogen (secondary N) is 1. The Hall–Kier alpha value is -1.18. The molecule has 0 radical (unpaired) electrons. The summed E-state index contributed by atoms with van der Waals surface area (Å²) in [5.41, 5.74) is 4.36. The van der Waals surface area contributed by atoms with Gasteiger partial charge in [-0.2, -0.15) is 0 Å². The molecule has 17 heavy (non-hydrogen) atoms. The van der Waals surface area contributed by atoms with Crippen molar-refractivity contribution in [3.05, 3.63) is 23.8 Å². The lowest BCUT2D eigenvalue weighted by Gasteiger charge is -2.30. The summed E-state index contributed by atoms with van der Waals surface area (Å²) in [4.78, 5) is 2.66. The number of rotatable bonds is 1. The fraction of sp³-hybridized carbons (Fsp3) is 0.600. The molecule has 2 fully saturated rings. The smallest absolute Gasteiger partial charge is 0.0374 e. The summed E-state index contributed by atoms with van der Waals surface area (Å²) in [6.45, 7) is 2.44. The molecule has 0 aromatic heterocycles. The summed E-state index contributed by atoms with van der Waals surface area (Å²) < 4.78 is 0. The fourth-order valence-electron chi connectivity index (χ4n) is 3.88. The van der Waals surface area contributed by atoms with Crippen LogP contribution in [-0.4, -0.2) is 19.1 Å². The van der Waals surface area contributed by atoms with E-state index < -0.39 is 0 Å². The minimum absolute atomic E-state index is 0.842. The van der Waals surface area contributed by atoms with Gasteiger partial charge < -0.3 is 10.2 Å². The van der Waals surface area contributed by atoms with Crippen molar-refractivity contribution >= 4 is 11.4 Å². The van der Waals surface area contributed by atoms with Crippen LogP contribution >= 0.6 is 0 Å². The van der Waals surface area contributed by atoms with E-state index in [4.69, 9.17) is 0 Å². The molecule has 1 aliphatic carbocycles. The summed E-state index contributed by atoms with van der Waals surface area (Å²) in [6, 6.07) is 7.88. The summed E-state index contributed by atoms with van der Waals surface area (Å²) >= 11 is 0. The molecule has 1 aromatic rings. The Kier molecular flexibility index (Phi) is 2.11. The van der Waals surface area contributed by atoms with Gasteiger partial charge in [-0.05, 0) is 61.8 Å². The average molecular weight is 228 g/mol.